The molecule has 2 aliphatic rings. The van der Waals surface area contributed by atoms with Gasteiger partial charge in [-0.15, -0.1) is 0 Å². The maximum atomic E-state index is 10.8. The summed E-state index contributed by atoms with van der Waals surface area (Å²) in [5.74, 6) is -0.253. The molecular weight excluding hydrogens is 220 g/mol. The molecule has 0 spiro atoms. The average Bonchev–Trinajstić information content (AvgIpc) is 2.82. The van der Waals surface area contributed by atoms with E-state index in [1.807, 2.05) is 0 Å². The zero-order valence-corrected chi connectivity index (χ0v) is 10.2. The molecule has 0 aliphatic heterocycles. The predicted octanol–water partition coefficient (Wildman–Crippen LogP) is 1.20. The van der Waals surface area contributed by atoms with Crippen LogP contribution in [0.25, 0.3) is 0 Å². The first-order valence-corrected chi connectivity index (χ1v) is 5.91. The fourth-order valence-electron chi connectivity index (χ4n) is 3.64. The van der Waals surface area contributed by atoms with Crippen LogP contribution in [0.3, 0.4) is 0 Å². The summed E-state index contributed by atoms with van der Waals surface area (Å²) < 4.78 is 11.1. The molecule has 0 aromatic carbocycles. The van der Waals surface area contributed by atoms with Gasteiger partial charge in [0, 0.05) is 38.9 Å². The highest BCUT2D eigenvalue weighted by atomic mass is 16.7. The Morgan fingerprint density at radius 3 is 1.71 bits per heavy atom. The Morgan fingerprint density at radius 2 is 1.41 bits per heavy atom. The Bertz CT molecular complexity index is 304. The van der Waals surface area contributed by atoms with Gasteiger partial charge in [-0.1, -0.05) is 12.2 Å². The van der Waals surface area contributed by atoms with Crippen LogP contribution in [0.1, 0.15) is 12.8 Å². The zero-order valence-electron chi connectivity index (χ0n) is 10.2. The van der Waals surface area contributed by atoms with Gasteiger partial charge in [0.1, 0.15) is 12.6 Å². The normalized spacial score (nSPS) is 37.3. The third kappa shape index (κ3) is 1.58. The molecule has 1 fully saturated rings. The molecule has 4 nitrogen and oxygen atoms in total. The van der Waals surface area contributed by atoms with Crippen molar-refractivity contribution >= 4 is 12.6 Å². The van der Waals surface area contributed by atoms with Crippen LogP contribution in [0.5, 0.6) is 0 Å². The molecular formula is C13H18O4. The van der Waals surface area contributed by atoms with Crippen LogP contribution in [-0.2, 0) is 19.1 Å². The first-order valence-electron chi connectivity index (χ1n) is 5.91. The summed E-state index contributed by atoms with van der Waals surface area (Å²) in [6.45, 7) is 0. The van der Waals surface area contributed by atoms with E-state index in [9.17, 15) is 9.59 Å². The Kier molecular flexibility index (Phi) is 3.45. The summed E-state index contributed by atoms with van der Waals surface area (Å²) in [6, 6.07) is 0. The second-order valence-corrected chi connectivity index (χ2v) is 4.70. The van der Waals surface area contributed by atoms with E-state index >= 15 is 0 Å². The third-order valence-electron chi connectivity index (χ3n) is 4.30. The molecule has 0 radical (unpaired) electrons. The predicted molar refractivity (Wildman–Crippen MR) is 61.2 cm³/mol. The number of rotatable bonds is 6. The molecule has 94 valence electrons. The van der Waals surface area contributed by atoms with Crippen molar-refractivity contribution in [1.82, 2.24) is 0 Å². The van der Waals surface area contributed by atoms with E-state index in [-0.39, 0.29) is 23.7 Å². The lowest BCUT2D eigenvalue weighted by Gasteiger charge is -2.32. The van der Waals surface area contributed by atoms with Crippen molar-refractivity contribution in [3.8, 4) is 0 Å². The van der Waals surface area contributed by atoms with E-state index in [0.29, 0.717) is 12.8 Å². The molecule has 0 unspecified atom stereocenters. The van der Waals surface area contributed by atoms with E-state index < -0.39 is 5.79 Å². The summed E-state index contributed by atoms with van der Waals surface area (Å²) in [5, 5.41) is 0. The van der Waals surface area contributed by atoms with Crippen LogP contribution in [0.4, 0.5) is 0 Å². The SMILES string of the molecule is COC1(OC)[C@@H]2C=C[C@H]1[C@H](CC=O)[C@H]2CC=O. The molecule has 1 saturated carbocycles. The van der Waals surface area contributed by atoms with E-state index in [1.54, 1.807) is 14.2 Å². The molecule has 2 rings (SSSR count). The Morgan fingerprint density at radius 1 is 1.00 bits per heavy atom. The van der Waals surface area contributed by atoms with Crippen molar-refractivity contribution in [3.63, 3.8) is 0 Å². The van der Waals surface area contributed by atoms with Gasteiger partial charge in [-0.2, -0.15) is 0 Å². The summed E-state index contributed by atoms with van der Waals surface area (Å²) in [7, 11) is 3.25. The van der Waals surface area contributed by atoms with Crippen LogP contribution in [0, 0.1) is 23.7 Å². The van der Waals surface area contributed by atoms with Gasteiger partial charge in [0.05, 0.1) is 0 Å². The topological polar surface area (TPSA) is 52.6 Å². The lowest BCUT2D eigenvalue weighted by atomic mass is 9.80. The zero-order chi connectivity index (χ0) is 12.5. The standard InChI is InChI=1S/C13H18O4/c1-16-13(17-2)11-3-4-12(13)10(6-8-15)9(11)5-7-14/h3-4,7-12H,5-6H2,1-2H3/t9-,10-,11-,12+/m1/s1. The summed E-state index contributed by atoms with van der Waals surface area (Å²) >= 11 is 0. The molecule has 0 aromatic heterocycles. The maximum Gasteiger partial charge on any atom is 0.180 e. The number of hydrogen-bond acceptors (Lipinski definition) is 4. The fraction of sp³-hybridized carbons (Fsp3) is 0.692. The van der Waals surface area contributed by atoms with Crippen LogP contribution in [-0.4, -0.2) is 32.6 Å². The highest BCUT2D eigenvalue weighted by Crippen LogP contribution is 2.58. The third-order valence-corrected chi connectivity index (χ3v) is 4.30. The van der Waals surface area contributed by atoms with Gasteiger partial charge in [0.25, 0.3) is 0 Å². The van der Waals surface area contributed by atoms with E-state index in [2.05, 4.69) is 12.2 Å². The number of hydrogen-bond donors (Lipinski definition) is 0. The minimum absolute atomic E-state index is 0.0673. The van der Waals surface area contributed by atoms with Crippen molar-refractivity contribution in [2.75, 3.05) is 14.2 Å². The lowest BCUT2D eigenvalue weighted by Crippen LogP contribution is -2.40. The number of methoxy groups -OCH3 is 2. The van der Waals surface area contributed by atoms with Crippen molar-refractivity contribution in [2.24, 2.45) is 23.7 Å². The minimum Gasteiger partial charge on any atom is -0.352 e. The van der Waals surface area contributed by atoms with Crippen LogP contribution in [0.2, 0.25) is 0 Å². The monoisotopic (exact) mass is 238 g/mol. The van der Waals surface area contributed by atoms with Crippen LogP contribution < -0.4 is 0 Å². The highest BCUT2D eigenvalue weighted by Gasteiger charge is 2.62. The van der Waals surface area contributed by atoms with Crippen LogP contribution >= 0.6 is 0 Å². The van der Waals surface area contributed by atoms with E-state index in [0.717, 1.165) is 12.6 Å². The molecule has 17 heavy (non-hydrogen) atoms. The lowest BCUT2D eigenvalue weighted by molar-refractivity contribution is -0.234. The molecule has 0 heterocycles. The number of carbonyl (C=O) groups excluding carboxylic acids is 2. The molecule has 2 aliphatic carbocycles. The van der Waals surface area contributed by atoms with Gasteiger partial charge in [0.15, 0.2) is 5.79 Å². The quantitative estimate of drug-likeness (QED) is 0.396. The molecule has 0 amide bonds. The van der Waals surface area contributed by atoms with Gasteiger partial charge in [0.2, 0.25) is 0 Å². The van der Waals surface area contributed by atoms with Gasteiger partial charge in [-0.3, -0.25) is 0 Å². The van der Waals surface area contributed by atoms with E-state index in [4.69, 9.17) is 9.47 Å². The number of fused-ring (bicyclic) bond motifs is 2. The van der Waals surface area contributed by atoms with Crippen molar-refractivity contribution in [2.45, 2.75) is 18.6 Å². The minimum atomic E-state index is -0.679. The molecule has 0 aromatic rings. The molecule has 2 bridgehead atoms. The van der Waals surface area contributed by atoms with Crippen molar-refractivity contribution in [3.05, 3.63) is 12.2 Å². The van der Waals surface area contributed by atoms with Gasteiger partial charge < -0.3 is 19.1 Å². The molecule has 4 atom stereocenters. The Hall–Kier alpha value is -1.00. The maximum absolute atomic E-state index is 10.8. The average molecular weight is 238 g/mol. The number of carbonyl (C=O) groups is 2. The van der Waals surface area contributed by atoms with Crippen molar-refractivity contribution < 1.29 is 19.1 Å². The summed E-state index contributed by atoms with van der Waals surface area (Å²) in [4.78, 5) is 21.6. The molecule has 4 heteroatoms. The first kappa shape index (κ1) is 12.5. The summed E-state index contributed by atoms with van der Waals surface area (Å²) in [6.07, 6.45) is 6.89. The first-order chi connectivity index (χ1) is 8.25. The van der Waals surface area contributed by atoms with Crippen LogP contribution in [0.15, 0.2) is 12.2 Å². The Balaban J connectivity index is 2.32. The van der Waals surface area contributed by atoms with Crippen molar-refractivity contribution in [1.29, 1.82) is 0 Å². The van der Waals surface area contributed by atoms with E-state index in [1.165, 1.54) is 0 Å². The van der Waals surface area contributed by atoms with Gasteiger partial charge in [-0.05, 0) is 11.8 Å². The van der Waals surface area contributed by atoms with Gasteiger partial charge in [-0.25, -0.2) is 0 Å². The summed E-state index contributed by atoms with van der Waals surface area (Å²) in [5.41, 5.74) is 0. The highest BCUT2D eigenvalue weighted by molar-refractivity contribution is 5.53. The smallest absolute Gasteiger partial charge is 0.180 e. The van der Waals surface area contributed by atoms with Gasteiger partial charge >= 0.3 is 0 Å². The largest absolute Gasteiger partial charge is 0.352 e. The fourth-order valence-corrected chi connectivity index (χ4v) is 3.64. The second kappa shape index (κ2) is 4.70. The molecule has 0 N–H and O–H groups in total. The second-order valence-electron chi connectivity index (χ2n) is 4.70. The Labute approximate surface area is 101 Å². The molecule has 0 saturated heterocycles. The number of aldehydes is 2. The number of ether oxygens (including phenoxy) is 2.